The van der Waals surface area contributed by atoms with Gasteiger partial charge in [-0.05, 0) is 29.3 Å². The molecule has 1 rings (SSSR count). The van der Waals surface area contributed by atoms with Gasteiger partial charge in [-0.1, -0.05) is 0 Å². The molecule has 1 aromatic heterocycles. The summed E-state index contributed by atoms with van der Waals surface area (Å²) in [6.45, 7) is 4.56. The summed E-state index contributed by atoms with van der Waals surface area (Å²) in [4.78, 5) is 16.0. The molecule has 1 amide bonds. The topological polar surface area (TPSA) is 74.8 Å². The van der Waals surface area contributed by atoms with Crippen molar-refractivity contribution in [2.24, 2.45) is 4.99 Å². The average molecular weight is 426 g/mol. The van der Waals surface area contributed by atoms with Gasteiger partial charge in [0.1, 0.15) is 0 Å². The zero-order valence-corrected chi connectivity index (χ0v) is 15.5. The lowest BCUT2D eigenvalue weighted by Crippen LogP contribution is -2.43. The van der Waals surface area contributed by atoms with Crippen molar-refractivity contribution in [3.8, 4) is 0 Å². The number of aliphatic imine (C=N–C) groups is 1. The van der Waals surface area contributed by atoms with Crippen LogP contribution in [0, 0.1) is 0 Å². The van der Waals surface area contributed by atoms with Gasteiger partial charge in [0, 0.05) is 20.2 Å². The molecule has 0 saturated carbocycles. The van der Waals surface area contributed by atoms with Gasteiger partial charge < -0.3 is 20.7 Å². The molecule has 0 unspecified atom stereocenters. The number of ether oxygens (including phenoxy) is 1. The Kier molecular flexibility index (Phi) is 12.3. The number of nitrogens with zero attached hydrogens (tertiary/aromatic N) is 1. The number of nitrogens with one attached hydrogen (secondary N) is 3. The molecule has 6 nitrogen and oxygen atoms in total. The average Bonchev–Trinajstić information content (AvgIpc) is 2.95. The fraction of sp³-hybridized carbons (Fsp3) is 0.538. The van der Waals surface area contributed by atoms with Crippen molar-refractivity contribution in [3.63, 3.8) is 0 Å². The first kappa shape index (κ1) is 20.1. The zero-order chi connectivity index (χ0) is 14.6. The van der Waals surface area contributed by atoms with Gasteiger partial charge in [0.05, 0.1) is 19.7 Å². The Hall–Kier alpha value is -0.870. The van der Waals surface area contributed by atoms with Gasteiger partial charge >= 0.3 is 0 Å². The minimum atomic E-state index is -0.0804. The minimum absolute atomic E-state index is 0. The Labute approximate surface area is 146 Å². The third-order valence-corrected chi connectivity index (χ3v) is 3.12. The molecular weight excluding hydrogens is 403 g/mol. The summed E-state index contributed by atoms with van der Waals surface area (Å²) in [6, 6.07) is 2.04. The van der Waals surface area contributed by atoms with Crippen molar-refractivity contribution in [1.29, 1.82) is 0 Å². The summed E-state index contributed by atoms with van der Waals surface area (Å²) >= 11 is 1.65. The van der Waals surface area contributed by atoms with Crippen LogP contribution in [0.3, 0.4) is 0 Å². The maximum absolute atomic E-state index is 11.5. The fourth-order valence-corrected chi connectivity index (χ4v) is 2.07. The molecule has 1 aromatic rings. The lowest BCUT2D eigenvalue weighted by atomic mass is 10.3. The van der Waals surface area contributed by atoms with Crippen LogP contribution in [0.5, 0.6) is 0 Å². The van der Waals surface area contributed by atoms with Crippen LogP contribution in [0.4, 0.5) is 0 Å². The van der Waals surface area contributed by atoms with Crippen LogP contribution in [0.15, 0.2) is 21.8 Å². The summed E-state index contributed by atoms with van der Waals surface area (Å²) in [5, 5.41) is 12.9. The number of hydrogen-bond acceptors (Lipinski definition) is 4. The third kappa shape index (κ3) is 9.64. The number of rotatable bonds is 8. The first-order valence-electron chi connectivity index (χ1n) is 6.55. The van der Waals surface area contributed by atoms with E-state index < -0.39 is 0 Å². The highest BCUT2D eigenvalue weighted by Gasteiger charge is 2.03. The van der Waals surface area contributed by atoms with Gasteiger partial charge in [-0.2, -0.15) is 11.3 Å². The van der Waals surface area contributed by atoms with E-state index in [2.05, 4.69) is 26.3 Å². The number of thiophene rings is 1. The van der Waals surface area contributed by atoms with Gasteiger partial charge in [-0.25, -0.2) is 4.99 Å². The molecule has 0 radical (unpaired) electrons. The van der Waals surface area contributed by atoms with Crippen molar-refractivity contribution < 1.29 is 9.53 Å². The van der Waals surface area contributed by atoms with Crippen LogP contribution in [-0.4, -0.2) is 45.2 Å². The van der Waals surface area contributed by atoms with Crippen LogP contribution in [0.25, 0.3) is 0 Å². The summed E-state index contributed by atoms with van der Waals surface area (Å²) in [6.07, 6.45) is 0. The maximum atomic E-state index is 11.5. The number of carbonyl (C=O) groups is 1. The number of methoxy groups -OCH3 is 1. The summed E-state index contributed by atoms with van der Waals surface area (Å²) < 4.78 is 4.87. The molecule has 0 bridgehead atoms. The van der Waals surface area contributed by atoms with E-state index in [0.717, 1.165) is 12.1 Å². The van der Waals surface area contributed by atoms with Crippen molar-refractivity contribution >= 4 is 47.2 Å². The fourth-order valence-electron chi connectivity index (χ4n) is 1.41. The second kappa shape index (κ2) is 12.8. The molecule has 0 spiro atoms. The molecule has 8 heteroatoms. The zero-order valence-electron chi connectivity index (χ0n) is 12.3. The van der Waals surface area contributed by atoms with Crippen molar-refractivity contribution in [1.82, 2.24) is 16.0 Å². The van der Waals surface area contributed by atoms with Gasteiger partial charge in [-0.3, -0.25) is 4.79 Å². The maximum Gasteiger partial charge on any atom is 0.239 e. The Bertz CT molecular complexity index is 412. The lowest BCUT2D eigenvalue weighted by molar-refractivity contribution is -0.120. The second-order valence-electron chi connectivity index (χ2n) is 4.02. The summed E-state index contributed by atoms with van der Waals surface area (Å²) in [7, 11) is 1.60. The summed E-state index contributed by atoms with van der Waals surface area (Å²) in [5.41, 5.74) is 1.16. The Morgan fingerprint density at radius 1 is 1.38 bits per heavy atom. The molecule has 0 aliphatic heterocycles. The quantitative estimate of drug-likeness (QED) is 0.253. The minimum Gasteiger partial charge on any atom is -0.383 e. The first-order valence-corrected chi connectivity index (χ1v) is 7.49. The van der Waals surface area contributed by atoms with Crippen LogP contribution in [0.2, 0.25) is 0 Å². The second-order valence-corrected chi connectivity index (χ2v) is 4.80. The van der Waals surface area contributed by atoms with Gasteiger partial charge in [-0.15, -0.1) is 24.0 Å². The number of amides is 1. The number of carbonyl (C=O) groups excluding carboxylic acids is 1. The van der Waals surface area contributed by atoms with E-state index in [4.69, 9.17) is 4.74 Å². The number of guanidine groups is 1. The molecule has 0 aliphatic carbocycles. The molecule has 0 aromatic carbocycles. The monoisotopic (exact) mass is 426 g/mol. The lowest BCUT2D eigenvalue weighted by Gasteiger charge is -2.11. The van der Waals surface area contributed by atoms with Gasteiger partial charge in [0.25, 0.3) is 0 Å². The van der Waals surface area contributed by atoms with E-state index in [1.165, 1.54) is 0 Å². The van der Waals surface area contributed by atoms with E-state index >= 15 is 0 Å². The number of halogens is 1. The van der Waals surface area contributed by atoms with E-state index in [1.54, 1.807) is 18.4 Å². The molecule has 0 aliphatic rings. The van der Waals surface area contributed by atoms with Crippen LogP contribution in [0.1, 0.15) is 12.5 Å². The molecule has 120 valence electrons. The highest BCUT2D eigenvalue weighted by molar-refractivity contribution is 14.0. The standard InChI is InChI=1S/C13H22N4O2S.HI/c1-3-14-13(16-8-11-4-7-20-10-11)17-9-12(18)15-5-6-19-2;/h4,7,10H,3,5-6,8-9H2,1-2H3,(H,15,18)(H2,14,16,17);1H. The highest BCUT2D eigenvalue weighted by atomic mass is 127. The third-order valence-electron chi connectivity index (χ3n) is 2.39. The molecule has 0 fully saturated rings. The predicted octanol–water partition coefficient (Wildman–Crippen LogP) is 1.18. The van der Waals surface area contributed by atoms with Gasteiger partial charge in [0.2, 0.25) is 5.91 Å². The van der Waals surface area contributed by atoms with Crippen LogP contribution in [-0.2, 0) is 16.1 Å². The smallest absolute Gasteiger partial charge is 0.239 e. The highest BCUT2D eigenvalue weighted by Crippen LogP contribution is 2.06. The number of hydrogen-bond donors (Lipinski definition) is 3. The Balaban J connectivity index is 0.00000400. The Morgan fingerprint density at radius 2 is 2.19 bits per heavy atom. The van der Waals surface area contributed by atoms with E-state index in [9.17, 15) is 4.79 Å². The molecule has 3 N–H and O–H groups in total. The molecule has 0 saturated heterocycles. The molecule has 1 heterocycles. The van der Waals surface area contributed by atoms with Gasteiger partial charge in [0.15, 0.2) is 5.96 Å². The largest absolute Gasteiger partial charge is 0.383 e. The van der Waals surface area contributed by atoms with Crippen LogP contribution >= 0.6 is 35.3 Å². The molecule has 0 atom stereocenters. The Morgan fingerprint density at radius 3 is 2.81 bits per heavy atom. The molecule has 21 heavy (non-hydrogen) atoms. The first-order chi connectivity index (χ1) is 9.76. The van der Waals surface area contributed by atoms with Crippen molar-refractivity contribution in [2.45, 2.75) is 13.5 Å². The predicted molar refractivity (Wildman–Crippen MR) is 97.4 cm³/mol. The van der Waals surface area contributed by atoms with E-state index in [-0.39, 0.29) is 36.4 Å². The van der Waals surface area contributed by atoms with E-state index in [1.807, 2.05) is 18.4 Å². The van der Waals surface area contributed by atoms with Crippen molar-refractivity contribution in [2.75, 3.05) is 33.4 Å². The normalized spacial score (nSPS) is 10.7. The summed E-state index contributed by atoms with van der Waals surface area (Å²) in [5.74, 6) is 0.559. The van der Waals surface area contributed by atoms with E-state index in [0.29, 0.717) is 25.7 Å². The SMILES string of the molecule is CCNC(=NCc1ccsc1)NCC(=O)NCCOC.I. The molecular formula is C13H23IN4O2S. The van der Waals surface area contributed by atoms with Crippen molar-refractivity contribution in [3.05, 3.63) is 22.4 Å². The van der Waals surface area contributed by atoms with Crippen LogP contribution < -0.4 is 16.0 Å².